The monoisotopic (exact) mass is 352 g/mol. The summed E-state index contributed by atoms with van der Waals surface area (Å²) >= 11 is 0. The van der Waals surface area contributed by atoms with E-state index in [0.29, 0.717) is 12.6 Å². The minimum absolute atomic E-state index is 0.00629. The molecule has 1 atom stereocenters. The lowest BCUT2D eigenvalue weighted by Gasteiger charge is -2.32. The van der Waals surface area contributed by atoms with E-state index in [1.807, 2.05) is 24.3 Å². The molecule has 0 aliphatic carbocycles. The summed E-state index contributed by atoms with van der Waals surface area (Å²) in [6.07, 6.45) is 0.933. The summed E-state index contributed by atoms with van der Waals surface area (Å²) in [5.74, 6) is -0.00629. The number of ether oxygens (including phenoxy) is 1. The Balaban J connectivity index is 1.79. The van der Waals surface area contributed by atoms with Gasteiger partial charge in [-0.05, 0) is 36.1 Å². The Hall–Kier alpha value is -2.17. The van der Waals surface area contributed by atoms with Crippen molar-refractivity contribution in [1.82, 2.24) is 10.2 Å². The highest BCUT2D eigenvalue weighted by Crippen LogP contribution is 2.27. The Kier molecular flexibility index (Phi) is 6.42. The van der Waals surface area contributed by atoms with E-state index in [-0.39, 0.29) is 5.91 Å². The van der Waals surface area contributed by atoms with E-state index in [4.69, 9.17) is 4.74 Å². The van der Waals surface area contributed by atoms with E-state index in [9.17, 15) is 4.79 Å². The number of benzene rings is 2. The van der Waals surface area contributed by atoms with E-state index in [2.05, 4.69) is 48.3 Å². The molecule has 0 bridgehead atoms. The predicted octanol–water partition coefficient (Wildman–Crippen LogP) is 3.89. The molecule has 1 unspecified atom stereocenters. The van der Waals surface area contributed by atoms with Gasteiger partial charge >= 0.3 is 0 Å². The maximum atomic E-state index is 12.4. The summed E-state index contributed by atoms with van der Waals surface area (Å²) in [6.45, 7) is 8.56. The van der Waals surface area contributed by atoms with Gasteiger partial charge in [0.05, 0.1) is 13.2 Å². The highest BCUT2D eigenvalue weighted by molar-refractivity contribution is 6.00. The Labute approximate surface area is 156 Å². The average Bonchev–Trinajstić information content (AvgIpc) is 2.72. The van der Waals surface area contributed by atoms with Crippen molar-refractivity contribution in [2.45, 2.75) is 26.3 Å². The first kappa shape index (κ1) is 18.6. The molecule has 4 heteroatoms. The summed E-state index contributed by atoms with van der Waals surface area (Å²) in [4.78, 5) is 14.9. The first-order valence-electron chi connectivity index (χ1n) is 9.50. The number of carbonyl (C=O) groups excluding carboxylic acids is 1. The summed E-state index contributed by atoms with van der Waals surface area (Å²) in [5.41, 5.74) is 4.08. The van der Waals surface area contributed by atoms with Crippen LogP contribution in [0.15, 0.2) is 48.5 Å². The number of carbonyl (C=O) groups is 1. The minimum atomic E-state index is -0.00629. The maximum absolute atomic E-state index is 12.4. The smallest absolute Gasteiger partial charge is 0.251 e. The Morgan fingerprint density at radius 2 is 1.81 bits per heavy atom. The van der Waals surface area contributed by atoms with Crippen LogP contribution in [0.4, 0.5) is 0 Å². The zero-order valence-electron chi connectivity index (χ0n) is 15.7. The van der Waals surface area contributed by atoms with E-state index in [1.165, 1.54) is 5.56 Å². The molecule has 4 nitrogen and oxygen atoms in total. The van der Waals surface area contributed by atoms with E-state index < -0.39 is 0 Å². The number of nitrogens with one attached hydrogen (secondary N) is 1. The quantitative estimate of drug-likeness (QED) is 0.858. The van der Waals surface area contributed by atoms with Crippen LogP contribution >= 0.6 is 0 Å². The SMILES string of the molecule is CCCNC(=O)c1ccccc1-c1ccc(C(C)N2CCOCC2)cc1. The van der Waals surface area contributed by atoms with Crippen LogP contribution in [0.1, 0.15) is 42.2 Å². The molecule has 2 aromatic carbocycles. The Bertz CT molecular complexity index is 721. The van der Waals surface area contributed by atoms with Crippen LogP contribution in [0.25, 0.3) is 11.1 Å². The van der Waals surface area contributed by atoms with Gasteiger partial charge in [-0.1, -0.05) is 49.4 Å². The summed E-state index contributed by atoms with van der Waals surface area (Å²) < 4.78 is 5.45. The number of hydrogen-bond donors (Lipinski definition) is 1. The molecule has 0 radical (unpaired) electrons. The number of amides is 1. The molecule has 3 rings (SSSR count). The molecule has 2 aromatic rings. The molecule has 1 amide bonds. The van der Waals surface area contributed by atoms with Gasteiger partial charge in [-0.25, -0.2) is 0 Å². The Morgan fingerprint density at radius 1 is 1.12 bits per heavy atom. The lowest BCUT2D eigenvalue weighted by molar-refractivity contribution is 0.0198. The van der Waals surface area contributed by atoms with Gasteiger partial charge in [0, 0.05) is 31.2 Å². The number of morpholine rings is 1. The van der Waals surface area contributed by atoms with Crippen LogP contribution in [-0.4, -0.2) is 43.7 Å². The third kappa shape index (κ3) is 4.32. The number of hydrogen-bond acceptors (Lipinski definition) is 3. The normalized spacial score (nSPS) is 16.2. The fraction of sp³-hybridized carbons (Fsp3) is 0.409. The lowest BCUT2D eigenvalue weighted by atomic mass is 9.96. The van der Waals surface area contributed by atoms with Gasteiger partial charge in [0.2, 0.25) is 0 Å². The molecule has 1 aliphatic rings. The summed E-state index contributed by atoms with van der Waals surface area (Å²) in [6, 6.07) is 16.8. The van der Waals surface area contributed by atoms with Crippen LogP contribution in [0.5, 0.6) is 0 Å². The second-order valence-corrected chi connectivity index (χ2v) is 6.75. The first-order valence-corrected chi connectivity index (χ1v) is 9.50. The molecule has 138 valence electrons. The van der Waals surface area contributed by atoms with Crippen molar-refractivity contribution in [3.63, 3.8) is 0 Å². The lowest BCUT2D eigenvalue weighted by Crippen LogP contribution is -2.37. The van der Waals surface area contributed by atoms with Gasteiger partial charge in [-0.2, -0.15) is 0 Å². The fourth-order valence-electron chi connectivity index (χ4n) is 3.38. The molecule has 1 N–H and O–H groups in total. The minimum Gasteiger partial charge on any atom is -0.379 e. The highest BCUT2D eigenvalue weighted by Gasteiger charge is 2.19. The van der Waals surface area contributed by atoms with Crippen LogP contribution in [0.3, 0.4) is 0 Å². The number of rotatable bonds is 6. The Morgan fingerprint density at radius 3 is 2.50 bits per heavy atom. The zero-order chi connectivity index (χ0) is 18.4. The predicted molar refractivity (Wildman–Crippen MR) is 105 cm³/mol. The number of nitrogens with zero attached hydrogens (tertiary/aromatic N) is 1. The van der Waals surface area contributed by atoms with Crippen LogP contribution in [0, 0.1) is 0 Å². The molecule has 1 aliphatic heterocycles. The van der Waals surface area contributed by atoms with Crippen molar-refractivity contribution in [1.29, 1.82) is 0 Å². The van der Waals surface area contributed by atoms with E-state index in [0.717, 1.165) is 49.4 Å². The van der Waals surface area contributed by atoms with Crippen molar-refractivity contribution >= 4 is 5.91 Å². The van der Waals surface area contributed by atoms with Gasteiger partial charge in [0.25, 0.3) is 5.91 Å². The molecule has 0 aromatic heterocycles. The zero-order valence-corrected chi connectivity index (χ0v) is 15.7. The van der Waals surface area contributed by atoms with Crippen molar-refractivity contribution < 1.29 is 9.53 Å². The second-order valence-electron chi connectivity index (χ2n) is 6.75. The van der Waals surface area contributed by atoms with Crippen molar-refractivity contribution in [2.24, 2.45) is 0 Å². The third-order valence-corrected chi connectivity index (χ3v) is 5.00. The van der Waals surface area contributed by atoms with Gasteiger partial charge < -0.3 is 10.1 Å². The maximum Gasteiger partial charge on any atom is 0.251 e. The molecule has 0 saturated carbocycles. The van der Waals surface area contributed by atoms with Gasteiger partial charge in [0.1, 0.15) is 0 Å². The fourth-order valence-corrected chi connectivity index (χ4v) is 3.38. The average molecular weight is 352 g/mol. The van der Waals surface area contributed by atoms with Gasteiger partial charge in [0.15, 0.2) is 0 Å². The molecular weight excluding hydrogens is 324 g/mol. The molecule has 26 heavy (non-hydrogen) atoms. The molecule has 1 saturated heterocycles. The molecule has 1 heterocycles. The van der Waals surface area contributed by atoms with Crippen molar-refractivity contribution in [3.05, 3.63) is 59.7 Å². The first-order chi connectivity index (χ1) is 12.7. The van der Waals surface area contributed by atoms with Gasteiger partial charge in [-0.15, -0.1) is 0 Å². The van der Waals surface area contributed by atoms with Crippen LogP contribution in [-0.2, 0) is 4.74 Å². The topological polar surface area (TPSA) is 41.6 Å². The highest BCUT2D eigenvalue weighted by atomic mass is 16.5. The van der Waals surface area contributed by atoms with Crippen LogP contribution < -0.4 is 5.32 Å². The molecule has 0 spiro atoms. The second kappa shape index (κ2) is 8.97. The molecular formula is C22H28N2O2. The largest absolute Gasteiger partial charge is 0.379 e. The van der Waals surface area contributed by atoms with E-state index in [1.54, 1.807) is 0 Å². The third-order valence-electron chi connectivity index (χ3n) is 5.00. The van der Waals surface area contributed by atoms with E-state index >= 15 is 0 Å². The van der Waals surface area contributed by atoms with Gasteiger partial charge in [-0.3, -0.25) is 9.69 Å². The van der Waals surface area contributed by atoms with Crippen molar-refractivity contribution in [2.75, 3.05) is 32.8 Å². The summed E-state index contributed by atoms with van der Waals surface area (Å²) in [7, 11) is 0. The summed E-state index contributed by atoms with van der Waals surface area (Å²) in [5, 5.41) is 2.97. The molecule has 1 fully saturated rings. The van der Waals surface area contributed by atoms with Crippen molar-refractivity contribution in [3.8, 4) is 11.1 Å². The standard InChI is InChI=1S/C22H28N2O2/c1-3-12-23-22(25)21-7-5-4-6-20(21)19-10-8-18(9-11-19)17(2)24-13-15-26-16-14-24/h4-11,17H,3,12-16H2,1-2H3,(H,23,25). The van der Waals surface area contributed by atoms with Crippen LogP contribution in [0.2, 0.25) is 0 Å².